The fourth-order valence-corrected chi connectivity index (χ4v) is 5.10. The summed E-state index contributed by atoms with van der Waals surface area (Å²) in [5.41, 5.74) is 1.28. The topological polar surface area (TPSA) is 33.0 Å². The van der Waals surface area contributed by atoms with E-state index in [0.29, 0.717) is 5.92 Å². The summed E-state index contributed by atoms with van der Waals surface area (Å²) >= 11 is 0. The van der Waals surface area contributed by atoms with E-state index in [9.17, 15) is 5.26 Å². The van der Waals surface area contributed by atoms with E-state index in [-0.39, 0.29) is 5.92 Å². The van der Waals surface area contributed by atoms with E-state index in [1.165, 1.54) is 95.5 Å². The fraction of sp³-hybridized carbons (Fsp3) is 0.759. The third-order valence-corrected chi connectivity index (χ3v) is 7.24. The Balaban J connectivity index is 1.66. The molecule has 1 unspecified atom stereocenters. The minimum absolute atomic E-state index is 0.163. The molecule has 0 radical (unpaired) electrons. The molecule has 0 N–H and O–H groups in total. The van der Waals surface area contributed by atoms with Crippen molar-refractivity contribution in [3.05, 3.63) is 29.8 Å². The second-order valence-electron chi connectivity index (χ2n) is 9.83. The standard InChI is InChI=1S/C29H47NO/c1-3-5-7-9-11-13-25-14-18-27(19-15-25)28(24-30)23-26-16-20-29(21-17-26)31-22-12-10-8-6-4-2/h16-17,20-21,25,27-28H,3-15,18-19,22-23H2,1-2H3. The number of hydrogen-bond donors (Lipinski definition) is 0. The molecular formula is C29H47NO. The zero-order valence-corrected chi connectivity index (χ0v) is 20.4. The number of unbranched alkanes of at least 4 members (excludes halogenated alkanes) is 8. The molecule has 1 saturated carbocycles. The van der Waals surface area contributed by atoms with Crippen LogP contribution in [0.4, 0.5) is 0 Å². The van der Waals surface area contributed by atoms with Gasteiger partial charge in [-0.2, -0.15) is 5.26 Å². The minimum Gasteiger partial charge on any atom is -0.494 e. The summed E-state index contributed by atoms with van der Waals surface area (Å²) in [5, 5.41) is 9.81. The number of nitrogens with zero attached hydrogens (tertiary/aromatic N) is 1. The number of rotatable bonds is 16. The van der Waals surface area contributed by atoms with Crippen LogP contribution in [0.1, 0.15) is 116 Å². The van der Waals surface area contributed by atoms with Gasteiger partial charge in [-0.3, -0.25) is 0 Å². The van der Waals surface area contributed by atoms with E-state index in [1.807, 2.05) is 0 Å². The van der Waals surface area contributed by atoms with Gasteiger partial charge in [0.15, 0.2) is 0 Å². The second kappa shape index (κ2) is 16.2. The summed E-state index contributed by atoms with van der Waals surface area (Å²) in [6, 6.07) is 11.2. The van der Waals surface area contributed by atoms with Crippen molar-refractivity contribution in [2.75, 3.05) is 6.61 Å². The largest absolute Gasteiger partial charge is 0.494 e. The molecule has 1 aromatic carbocycles. The molecule has 0 heterocycles. The van der Waals surface area contributed by atoms with E-state index in [4.69, 9.17) is 4.74 Å². The molecule has 1 aliphatic carbocycles. The number of benzene rings is 1. The number of ether oxygens (including phenoxy) is 1. The molecule has 1 atom stereocenters. The van der Waals surface area contributed by atoms with Crippen molar-refractivity contribution < 1.29 is 4.74 Å². The fourth-order valence-electron chi connectivity index (χ4n) is 5.10. The van der Waals surface area contributed by atoms with Crippen molar-refractivity contribution >= 4 is 0 Å². The van der Waals surface area contributed by atoms with Crippen molar-refractivity contribution in [2.24, 2.45) is 17.8 Å². The van der Waals surface area contributed by atoms with Crippen LogP contribution < -0.4 is 4.74 Å². The quantitative estimate of drug-likeness (QED) is 0.248. The zero-order valence-electron chi connectivity index (χ0n) is 20.4. The molecule has 0 amide bonds. The van der Waals surface area contributed by atoms with Gasteiger partial charge in [-0.15, -0.1) is 0 Å². The predicted molar refractivity (Wildman–Crippen MR) is 132 cm³/mol. The van der Waals surface area contributed by atoms with Gasteiger partial charge in [0.2, 0.25) is 0 Å². The molecule has 1 aliphatic rings. The first-order valence-corrected chi connectivity index (χ1v) is 13.4. The van der Waals surface area contributed by atoms with Crippen LogP contribution >= 0.6 is 0 Å². The first-order valence-electron chi connectivity index (χ1n) is 13.4. The molecule has 0 saturated heterocycles. The van der Waals surface area contributed by atoms with Gasteiger partial charge in [-0.1, -0.05) is 103 Å². The molecule has 1 fully saturated rings. The normalized spacial score (nSPS) is 19.6. The highest BCUT2D eigenvalue weighted by Gasteiger charge is 2.27. The third kappa shape index (κ3) is 10.6. The third-order valence-electron chi connectivity index (χ3n) is 7.24. The van der Waals surface area contributed by atoms with Crippen molar-refractivity contribution in [1.29, 1.82) is 5.26 Å². The van der Waals surface area contributed by atoms with Crippen LogP contribution in [-0.4, -0.2) is 6.61 Å². The van der Waals surface area contributed by atoms with E-state index in [0.717, 1.165) is 31.1 Å². The highest BCUT2D eigenvalue weighted by Crippen LogP contribution is 2.37. The van der Waals surface area contributed by atoms with Gasteiger partial charge >= 0.3 is 0 Å². The maximum atomic E-state index is 9.81. The number of hydrogen-bond acceptors (Lipinski definition) is 2. The van der Waals surface area contributed by atoms with Crippen LogP contribution in [0.5, 0.6) is 5.75 Å². The maximum absolute atomic E-state index is 9.81. The van der Waals surface area contributed by atoms with E-state index in [2.05, 4.69) is 44.2 Å². The SMILES string of the molecule is CCCCCCCOc1ccc(CC(C#N)C2CCC(CCCCCCC)CC2)cc1. The van der Waals surface area contributed by atoms with E-state index in [1.54, 1.807) is 0 Å². The monoisotopic (exact) mass is 425 g/mol. The first-order chi connectivity index (χ1) is 15.3. The van der Waals surface area contributed by atoms with Crippen LogP contribution in [0.15, 0.2) is 24.3 Å². The minimum atomic E-state index is 0.163. The first kappa shape index (κ1) is 25.8. The van der Waals surface area contributed by atoms with Crippen molar-refractivity contribution in [3.8, 4) is 11.8 Å². The molecule has 0 aliphatic heterocycles. The smallest absolute Gasteiger partial charge is 0.119 e. The average Bonchev–Trinajstić information content (AvgIpc) is 2.81. The summed E-state index contributed by atoms with van der Waals surface area (Å²) in [7, 11) is 0. The highest BCUT2D eigenvalue weighted by molar-refractivity contribution is 5.28. The summed E-state index contributed by atoms with van der Waals surface area (Å²) in [6.07, 6.45) is 20.7. The maximum Gasteiger partial charge on any atom is 0.119 e. The van der Waals surface area contributed by atoms with Crippen molar-refractivity contribution in [2.45, 2.75) is 117 Å². The lowest BCUT2D eigenvalue weighted by Gasteiger charge is -2.31. The Morgan fingerprint density at radius 3 is 2.06 bits per heavy atom. The molecule has 2 heteroatoms. The Kier molecular flexibility index (Phi) is 13.5. The van der Waals surface area contributed by atoms with Crippen LogP contribution in [-0.2, 0) is 6.42 Å². The van der Waals surface area contributed by atoms with Gasteiger partial charge < -0.3 is 4.74 Å². The molecule has 2 nitrogen and oxygen atoms in total. The summed E-state index contributed by atoms with van der Waals surface area (Å²) in [5.74, 6) is 2.62. The van der Waals surface area contributed by atoms with Gasteiger partial charge in [0.1, 0.15) is 5.75 Å². The van der Waals surface area contributed by atoms with Crippen molar-refractivity contribution in [1.82, 2.24) is 0 Å². The van der Waals surface area contributed by atoms with E-state index >= 15 is 0 Å². The summed E-state index contributed by atoms with van der Waals surface area (Å²) in [6.45, 7) is 5.34. The lowest BCUT2D eigenvalue weighted by molar-refractivity contribution is 0.220. The molecule has 1 aromatic rings. The molecule has 0 spiro atoms. The van der Waals surface area contributed by atoms with Gasteiger partial charge in [-0.25, -0.2) is 0 Å². The van der Waals surface area contributed by atoms with Crippen molar-refractivity contribution in [3.63, 3.8) is 0 Å². The molecule has 31 heavy (non-hydrogen) atoms. The lowest BCUT2D eigenvalue weighted by atomic mass is 9.73. The Labute approximate surface area is 192 Å². The number of nitriles is 1. The molecule has 2 rings (SSSR count). The summed E-state index contributed by atoms with van der Waals surface area (Å²) < 4.78 is 5.89. The molecule has 174 valence electrons. The van der Waals surface area contributed by atoms with Gasteiger partial charge in [0.25, 0.3) is 0 Å². The highest BCUT2D eigenvalue weighted by atomic mass is 16.5. The second-order valence-corrected chi connectivity index (χ2v) is 9.83. The lowest BCUT2D eigenvalue weighted by Crippen LogP contribution is -2.22. The van der Waals surface area contributed by atoms with Gasteiger partial charge in [0, 0.05) is 0 Å². The van der Waals surface area contributed by atoms with Crippen LogP contribution in [0, 0.1) is 29.1 Å². The Morgan fingerprint density at radius 2 is 1.45 bits per heavy atom. The van der Waals surface area contributed by atoms with Gasteiger partial charge in [0.05, 0.1) is 18.6 Å². The molecular weight excluding hydrogens is 378 g/mol. The average molecular weight is 426 g/mol. The Bertz CT molecular complexity index is 594. The summed E-state index contributed by atoms with van der Waals surface area (Å²) in [4.78, 5) is 0. The molecule has 0 aromatic heterocycles. The van der Waals surface area contributed by atoms with E-state index < -0.39 is 0 Å². The zero-order chi connectivity index (χ0) is 22.2. The van der Waals surface area contributed by atoms with Gasteiger partial charge in [-0.05, 0) is 55.2 Å². The Morgan fingerprint density at radius 1 is 0.839 bits per heavy atom. The predicted octanol–water partition coefficient (Wildman–Crippen LogP) is 8.88. The Hall–Kier alpha value is -1.49. The molecule has 0 bridgehead atoms. The van der Waals surface area contributed by atoms with Crippen LogP contribution in [0.25, 0.3) is 0 Å². The van der Waals surface area contributed by atoms with Crippen LogP contribution in [0.2, 0.25) is 0 Å². The van der Waals surface area contributed by atoms with Crippen LogP contribution in [0.3, 0.4) is 0 Å².